The first kappa shape index (κ1) is 21.1. The van der Waals surface area contributed by atoms with Crippen molar-refractivity contribution in [3.63, 3.8) is 0 Å². The first-order valence-electron chi connectivity index (χ1n) is 10.7. The summed E-state index contributed by atoms with van der Waals surface area (Å²) in [6, 6.07) is 11.3. The van der Waals surface area contributed by atoms with Gasteiger partial charge in [0, 0.05) is 36.3 Å². The fourth-order valence-corrected chi connectivity index (χ4v) is 4.49. The molecule has 3 atom stereocenters. The number of carbonyl (C=O) groups excluding carboxylic acids is 2. The van der Waals surface area contributed by atoms with Crippen molar-refractivity contribution >= 4 is 11.8 Å². The first-order valence-corrected chi connectivity index (χ1v) is 10.7. The minimum atomic E-state index is -0.249. The zero-order valence-corrected chi connectivity index (χ0v) is 17.9. The highest BCUT2D eigenvalue weighted by Gasteiger charge is 2.54. The van der Waals surface area contributed by atoms with Gasteiger partial charge in [0.05, 0.1) is 31.7 Å². The summed E-state index contributed by atoms with van der Waals surface area (Å²) in [7, 11) is 0. The maximum absolute atomic E-state index is 12.8. The second-order valence-electron chi connectivity index (χ2n) is 8.50. The number of aliphatic hydroxyl groups is 1. The van der Waals surface area contributed by atoms with Gasteiger partial charge in [-0.15, -0.1) is 0 Å². The van der Waals surface area contributed by atoms with Crippen LogP contribution in [0.15, 0.2) is 48.8 Å². The Bertz CT molecular complexity index is 1010. The lowest BCUT2D eigenvalue weighted by Gasteiger charge is -2.58. The van der Waals surface area contributed by atoms with Gasteiger partial charge in [0.2, 0.25) is 11.8 Å². The van der Waals surface area contributed by atoms with Crippen LogP contribution in [0.3, 0.4) is 0 Å². The van der Waals surface area contributed by atoms with Gasteiger partial charge in [-0.2, -0.15) is 0 Å². The average molecular weight is 418 g/mol. The summed E-state index contributed by atoms with van der Waals surface area (Å²) >= 11 is 0. The molecule has 2 fully saturated rings. The lowest BCUT2D eigenvalue weighted by atomic mass is 9.73. The van der Waals surface area contributed by atoms with Crippen molar-refractivity contribution in [1.29, 1.82) is 0 Å². The van der Waals surface area contributed by atoms with E-state index in [-0.39, 0.29) is 49.4 Å². The molecular weight excluding hydrogens is 390 g/mol. The van der Waals surface area contributed by atoms with Gasteiger partial charge in [0.15, 0.2) is 0 Å². The van der Waals surface area contributed by atoms with Gasteiger partial charge in [0.1, 0.15) is 0 Å². The monoisotopic (exact) mass is 417 g/mol. The molecule has 4 rings (SSSR count). The molecule has 1 N–H and O–H groups in total. The summed E-state index contributed by atoms with van der Waals surface area (Å²) < 4.78 is 0. The number of aromatic nitrogens is 1. The van der Waals surface area contributed by atoms with Crippen LogP contribution in [0.5, 0.6) is 0 Å². The normalized spacial score (nSPS) is 22.5. The van der Waals surface area contributed by atoms with Crippen LogP contribution in [0.25, 0.3) is 0 Å². The van der Waals surface area contributed by atoms with Crippen LogP contribution in [0, 0.1) is 17.8 Å². The van der Waals surface area contributed by atoms with Crippen LogP contribution in [-0.2, 0) is 16.0 Å². The molecule has 1 aromatic heterocycles. The molecule has 0 saturated carbocycles. The van der Waals surface area contributed by atoms with E-state index in [0.717, 1.165) is 16.7 Å². The van der Waals surface area contributed by atoms with Crippen molar-refractivity contribution in [2.75, 3.05) is 19.7 Å². The number of hydrogen-bond donors (Lipinski definition) is 1. The average Bonchev–Trinajstić information content (AvgIpc) is 2.75. The molecule has 2 amide bonds. The summed E-state index contributed by atoms with van der Waals surface area (Å²) in [5, 5.41) is 9.94. The topological polar surface area (TPSA) is 73.7 Å². The van der Waals surface area contributed by atoms with E-state index < -0.39 is 0 Å². The quantitative estimate of drug-likeness (QED) is 0.771. The fraction of sp³-hybridized carbons (Fsp3) is 0.400. The van der Waals surface area contributed by atoms with Gasteiger partial charge in [-0.05, 0) is 29.3 Å². The molecular formula is C25H27N3O3. The van der Waals surface area contributed by atoms with Gasteiger partial charge in [-0.25, -0.2) is 0 Å². The smallest absolute Gasteiger partial charge is 0.242 e. The zero-order chi connectivity index (χ0) is 22.0. The van der Waals surface area contributed by atoms with E-state index in [0.29, 0.717) is 12.5 Å². The Balaban J connectivity index is 1.50. The molecule has 0 bridgehead atoms. The van der Waals surface area contributed by atoms with Gasteiger partial charge < -0.3 is 14.9 Å². The van der Waals surface area contributed by atoms with Gasteiger partial charge in [0.25, 0.3) is 0 Å². The molecule has 2 saturated heterocycles. The van der Waals surface area contributed by atoms with E-state index in [4.69, 9.17) is 0 Å². The van der Waals surface area contributed by atoms with Gasteiger partial charge >= 0.3 is 0 Å². The Morgan fingerprint density at radius 3 is 2.68 bits per heavy atom. The minimum Gasteiger partial charge on any atom is -0.394 e. The molecule has 2 aliphatic heterocycles. The van der Waals surface area contributed by atoms with E-state index >= 15 is 0 Å². The van der Waals surface area contributed by atoms with E-state index in [1.165, 1.54) is 0 Å². The number of benzene rings is 1. The molecule has 160 valence electrons. The van der Waals surface area contributed by atoms with Gasteiger partial charge in [-0.1, -0.05) is 43.9 Å². The third kappa shape index (κ3) is 4.33. The van der Waals surface area contributed by atoms with Crippen molar-refractivity contribution in [3.8, 4) is 11.8 Å². The molecule has 2 aromatic rings. The molecule has 6 heteroatoms. The van der Waals surface area contributed by atoms with Crippen LogP contribution in [0.2, 0.25) is 0 Å². The number of carbonyl (C=O) groups is 2. The summed E-state index contributed by atoms with van der Waals surface area (Å²) in [6.07, 6.45) is 3.57. The Morgan fingerprint density at radius 1 is 1.26 bits per heavy atom. The highest BCUT2D eigenvalue weighted by molar-refractivity contribution is 5.88. The highest BCUT2D eigenvalue weighted by atomic mass is 16.3. The third-order valence-electron chi connectivity index (χ3n) is 5.98. The number of piperazine rings is 1. The minimum absolute atomic E-state index is 0.00458. The molecule has 0 spiro atoms. The molecule has 1 aromatic carbocycles. The Hall–Kier alpha value is -3.17. The van der Waals surface area contributed by atoms with Crippen molar-refractivity contribution < 1.29 is 14.7 Å². The summed E-state index contributed by atoms with van der Waals surface area (Å²) in [5.41, 5.74) is 2.84. The van der Waals surface area contributed by atoms with Crippen LogP contribution in [0.1, 0.15) is 36.5 Å². The molecule has 3 heterocycles. The van der Waals surface area contributed by atoms with E-state index in [2.05, 4.69) is 30.7 Å². The van der Waals surface area contributed by atoms with Crippen molar-refractivity contribution in [3.05, 3.63) is 65.5 Å². The largest absolute Gasteiger partial charge is 0.394 e. The van der Waals surface area contributed by atoms with Crippen LogP contribution >= 0.6 is 0 Å². The summed E-state index contributed by atoms with van der Waals surface area (Å²) in [4.78, 5) is 33.0. The van der Waals surface area contributed by atoms with E-state index in [1.54, 1.807) is 28.3 Å². The predicted molar refractivity (Wildman–Crippen MR) is 117 cm³/mol. The SMILES string of the molecule is CC(C)C#Cc1ccc([C@@H]2[C@H](CO)N3C(=O)CN(C(=O)Cc4cccnc4)C[C@@H]23)cc1. The number of rotatable bonds is 4. The highest BCUT2D eigenvalue weighted by Crippen LogP contribution is 2.42. The number of amides is 2. The van der Waals surface area contributed by atoms with E-state index in [9.17, 15) is 14.7 Å². The third-order valence-corrected chi connectivity index (χ3v) is 5.98. The second-order valence-corrected chi connectivity index (χ2v) is 8.50. The Kier molecular flexibility index (Phi) is 6.06. The van der Waals surface area contributed by atoms with Crippen molar-refractivity contribution in [2.45, 2.75) is 38.3 Å². The maximum Gasteiger partial charge on any atom is 0.242 e. The second kappa shape index (κ2) is 8.91. The molecule has 0 aliphatic carbocycles. The summed E-state index contributed by atoms with van der Waals surface area (Å²) in [5.74, 6) is 6.43. The van der Waals surface area contributed by atoms with Crippen molar-refractivity contribution in [1.82, 2.24) is 14.8 Å². The maximum atomic E-state index is 12.8. The number of pyridine rings is 1. The van der Waals surface area contributed by atoms with Crippen LogP contribution in [-0.4, -0.2) is 63.5 Å². The number of hydrogen-bond acceptors (Lipinski definition) is 4. The molecule has 6 nitrogen and oxygen atoms in total. The number of nitrogens with zero attached hydrogens (tertiary/aromatic N) is 3. The molecule has 31 heavy (non-hydrogen) atoms. The van der Waals surface area contributed by atoms with E-state index in [1.807, 2.05) is 30.3 Å². The van der Waals surface area contributed by atoms with Gasteiger partial charge in [-0.3, -0.25) is 14.6 Å². The zero-order valence-electron chi connectivity index (χ0n) is 17.9. The Morgan fingerprint density at radius 2 is 2.03 bits per heavy atom. The lowest BCUT2D eigenvalue weighted by molar-refractivity contribution is -0.166. The fourth-order valence-electron chi connectivity index (χ4n) is 4.49. The molecule has 2 aliphatic rings. The standard InChI is InChI=1S/C25H27N3O3/c1-17(2)5-6-18-7-9-20(10-8-18)25-21-14-27(15-24(31)28(21)22(25)16-29)23(30)12-19-4-3-11-26-13-19/h3-4,7-11,13,17,21-22,25,29H,12,14-16H2,1-2H3/t21-,22-,25-/m0/s1. The summed E-state index contributed by atoms with van der Waals surface area (Å²) in [6.45, 7) is 4.55. The lowest BCUT2D eigenvalue weighted by Crippen LogP contribution is -2.73. The van der Waals surface area contributed by atoms with Crippen LogP contribution in [0.4, 0.5) is 0 Å². The molecule has 0 unspecified atom stereocenters. The number of aliphatic hydroxyl groups excluding tert-OH is 1. The predicted octanol–water partition coefficient (Wildman–Crippen LogP) is 1.83. The van der Waals surface area contributed by atoms with Crippen molar-refractivity contribution in [2.24, 2.45) is 5.92 Å². The van der Waals surface area contributed by atoms with Crippen LogP contribution < -0.4 is 0 Å². The Labute approximate surface area is 182 Å². The first-order chi connectivity index (χ1) is 15.0. The number of fused-ring (bicyclic) bond motifs is 1. The molecule has 0 radical (unpaired) electrons.